The fourth-order valence-electron chi connectivity index (χ4n) is 9.15. The standard InChI is InChI=1S/C58H85N3O4.CH4O/c1-9-13-17-21-23-27-39-60(37-25-19-15-11-3)50-33-29-46(30-34-50)48-41-53(62-5)57(54(42-48)63-6)52(45-59)58-55(64-7)43-49(44-56(58)65-8)47-31-35-51(36-32-47)61(38-26-20-16-12-4)40-28-24-22-18-14-10-2;1-2/h29-36,41-44,52H,9-28,37-40H2,1-8H3;2H,1H3. The molecule has 0 heterocycles. The number of nitriles is 1. The minimum atomic E-state index is -0.802. The van der Waals surface area contributed by atoms with Crippen LogP contribution in [0, 0.1) is 11.3 Å². The van der Waals surface area contributed by atoms with Gasteiger partial charge in [0.25, 0.3) is 0 Å². The van der Waals surface area contributed by atoms with E-state index in [0.717, 1.165) is 55.5 Å². The summed E-state index contributed by atoms with van der Waals surface area (Å²) >= 11 is 0. The molecule has 67 heavy (non-hydrogen) atoms. The normalized spacial score (nSPS) is 10.9. The van der Waals surface area contributed by atoms with Crippen LogP contribution >= 0.6 is 0 Å². The first-order valence-corrected chi connectivity index (χ1v) is 26.0. The topological polar surface area (TPSA) is 87.4 Å². The number of unbranched alkanes of at least 4 members (excludes halogenated alkanes) is 16. The fourth-order valence-corrected chi connectivity index (χ4v) is 9.15. The van der Waals surface area contributed by atoms with Crippen LogP contribution < -0.4 is 28.7 Å². The predicted octanol–water partition coefficient (Wildman–Crippen LogP) is 15.8. The van der Waals surface area contributed by atoms with Crippen LogP contribution in [0.3, 0.4) is 0 Å². The maximum absolute atomic E-state index is 11.0. The quantitative estimate of drug-likeness (QED) is 0.0464. The molecule has 0 radical (unpaired) electrons. The SMILES string of the molecule is CCCCCCCCN(CCCCCC)c1ccc(-c2cc(OC)c(C(C#N)c3c(OC)cc(-c4ccc(N(CCCCCC)CCCCCCCC)cc4)cc3OC)c(OC)c2)cc1.CO. The van der Waals surface area contributed by atoms with E-state index >= 15 is 0 Å². The van der Waals surface area contributed by atoms with Gasteiger partial charge < -0.3 is 33.9 Å². The van der Waals surface area contributed by atoms with E-state index in [1.807, 2.05) is 24.3 Å². The summed E-state index contributed by atoms with van der Waals surface area (Å²) in [6.07, 6.45) is 25.6. The summed E-state index contributed by atoms with van der Waals surface area (Å²) in [5.41, 5.74) is 7.83. The van der Waals surface area contributed by atoms with Gasteiger partial charge in [0, 0.05) is 44.7 Å². The maximum atomic E-state index is 11.0. The van der Waals surface area contributed by atoms with Crippen molar-refractivity contribution in [1.82, 2.24) is 0 Å². The Hall–Kier alpha value is -4.87. The van der Waals surface area contributed by atoms with Crippen LogP contribution in [0.15, 0.2) is 72.8 Å². The highest BCUT2D eigenvalue weighted by Gasteiger charge is 2.30. The summed E-state index contributed by atoms with van der Waals surface area (Å²) in [5.74, 6) is 1.47. The predicted molar refractivity (Wildman–Crippen MR) is 285 cm³/mol. The van der Waals surface area contributed by atoms with Crippen molar-refractivity contribution in [3.05, 3.63) is 83.9 Å². The van der Waals surface area contributed by atoms with Gasteiger partial charge in [-0.15, -0.1) is 0 Å². The molecule has 4 rings (SSSR count). The molecule has 4 aromatic carbocycles. The van der Waals surface area contributed by atoms with Crippen molar-refractivity contribution >= 4 is 11.4 Å². The highest BCUT2D eigenvalue weighted by molar-refractivity contribution is 5.75. The number of anilines is 2. The van der Waals surface area contributed by atoms with Crippen LogP contribution in [0.2, 0.25) is 0 Å². The van der Waals surface area contributed by atoms with E-state index in [-0.39, 0.29) is 0 Å². The largest absolute Gasteiger partial charge is 0.496 e. The van der Waals surface area contributed by atoms with Crippen molar-refractivity contribution in [3.8, 4) is 51.3 Å². The molecular weight excluding hydrogens is 831 g/mol. The van der Waals surface area contributed by atoms with E-state index in [2.05, 4.69) is 92.1 Å². The van der Waals surface area contributed by atoms with Crippen LogP contribution in [0.25, 0.3) is 22.3 Å². The first-order chi connectivity index (χ1) is 32.9. The van der Waals surface area contributed by atoms with Crippen LogP contribution in [0.1, 0.15) is 173 Å². The zero-order chi connectivity index (χ0) is 48.7. The molecule has 0 amide bonds. The molecule has 0 aliphatic rings. The van der Waals surface area contributed by atoms with Gasteiger partial charge in [-0.05, 0) is 96.5 Å². The van der Waals surface area contributed by atoms with E-state index in [1.54, 1.807) is 28.4 Å². The average Bonchev–Trinajstić information content (AvgIpc) is 3.38. The lowest BCUT2D eigenvalue weighted by molar-refractivity contribution is 0.375. The summed E-state index contributed by atoms with van der Waals surface area (Å²) in [6, 6.07) is 28.4. The molecule has 4 aromatic rings. The van der Waals surface area contributed by atoms with Gasteiger partial charge in [0.05, 0.1) is 45.6 Å². The van der Waals surface area contributed by atoms with Gasteiger partial charge >= 0.3 is 0 Å². The molecule has 0 saturated heterocycles. The Morgan fingerprint density at radius 2 is 0.657 bits per heavy atom. The molecule has 8 heteroatoms. The van der Waals surface area contributed by atoms with Crippen LogP contribution in [0.4, 0.5) is 11.4 Å². The molecule has 0 atom stereocenters. The summed E-state index contributed by atoms with van der Waals surface area (Å²) in [6.45, 7) is 13.4. The third kappa shape index (κ3) is 17.9. The molecule has 0 spiro atoms. The van der Waals surface area contributed by atoms with Gasteiger partial charge in [0.1, 0.15) is 28.9 Å². The fraction of sp³-hybridized carbons (Fsp3) is 0.576. The first-order valence-electron chi connectivity index (χ1n) is 26.0. The Morgan fingerprint density at radius 1 is 0.403 bits per heavy atom. The molecular formula is C59H89N3O5. The van der Waals surface area contributed by atoms with Gasteiger partial charge in [0.15, 0.2) is 0 Å². The minimum Gasteiger partial charge on any atom is -0.496 e. The Morgan fingerprint density at radius 3 is 0.910 bits per heavy atom. The van der Waals surface area contributed by atoms with Crippen molar-refractivity contribution < 1.29 is 24.1 Å². The number of hydrogen-bond acceptors (Lipinski definition) is 8. The van der Waals surface area contributed by atoms with E-state index in [1.165, 1.54) is 140 Å². The summed E-state index contributed by atoms with van der Waals surface area (Å²) in [7, 11) is 7.61. The van der Waals surface area contributed by atoms with Crippen molar-refractivity contribution in [2.45, 2.75) is 162 Å². The van der Waals surface area contributed by atoms with E-state index < -0.39 is 5.92 Å². The summed E-state index contributed by atoms with van der Waals surface area (Å²) < 4.78 is 24.4. The number of rotatable bonds is 34. The average molecular weight is 920 g/mol. The Balaban J connectivity index is 0.00000587. The number of aliphatic hydroxyl groups is 1. The number of aliphatic hydroxyl groups excluding tert-OH is 1. The Labute approximate surface area is 408 Å². The lowest BCUT2D eigenvalue weighted by Crippen LogP contribution is -2.25. The molecule has 8 nitrogen and oxygen atoms in total. The number of ether oxygens (including phenoxy) is 4. The summed E-state index contributed by atoms with van der Waals surface area (Å²) in [5, 5.41) is 18.0. The monoisotopic (exact) mass is 920 g/mol. The Bertz CT molecular complexity index is 1770. The van der Waals surface area contributed by atoms with Crippen LogP contribution in [0.5, 0.6) is 23.0 Å². The van der Waals surface area contributed by atoms with Crippen molar-refractivity contribution in [3.63, 3.8) is 0 Å². The van der Waals surface area contributed by atoms with Gasteiger partial charge in [-0.1, -0.05) is 155 Å². The number of methoxy groups -OCH3 is 4. The van der Waals surface area contributed by atoms with E-state index in [0.29, 0.717) is 34.1 Å². The van der Waals surface area contributed by atoms with Crippen LogP contribution in [-0.2, 0) is 0 Å². The minimum absolute atomic E-state index is 0.569. The molecule has 370 valence electrons. The second-order valence-electron chi connectivity index (χ2n) is 17.9. The zero-order valence-electron chi connectivity index (χ0n) is 43.4. The van der Waals surface area contributed by atoms with Gasteiger partial charge in [-0.25, -0.2) is 0 Å². The lowest BCUT2D eigenvalue weighted by Gasteiger charge is -2.26. The Kier molecular flexibility index (Phi) is 28.3. The molecule has 0 aliphatic heterocycles. The number of hydrogen-bond donors (Lipinski definition) is 1. The number of benzene rings is 4. The third-order valence-corrected chi connectivity index (χ3v) is 13.1. The van der Waals surface area contributed by atoms with Crippen molar-refractivity contribution in [2.24, 2.45) is 0 Å². The second-order valence-corrected chi connectivity index (χ2v) is 17.9. The molecule has 1 N–H and O–H groups in total. The van der Waals surface area contributed by atoms with Gasteiger partial charge in [0.2, 0.25) is 0 Å². The highest BCUT2D eigenvalue weighted by atomic mass is 16.5. The van der Waals surface area contributed by atoms with Crippen LogP contribution in [-0.4, -0.2) is 66.8 Å². The molecule has 0 aromatic heterocycles. The third-order valence-electron chi connectivity index (χ3n) is 13.1. The molecule has 0 aliphatic carbocycles. The molecule has 0 saturated carbocycles. The van der Waals surface area contributed by atoms with Crippen molar-refractivity contribution in [2.75, 3.05) is 71.5 Å². The first kappa shape index (κ1) is 56.5. The molecule has 0 bridgehead atoms. The lowest BCUT2D eigenvalue weighted by atomic mass is 9.87. The maximum Gasteiger partial charge on any atom is 0.128 e. The smallest absolute Gasteiger partial charge is 0.128 e. The summed E-state index contributed by atoms with van der Waals surface area (Å²) in [4.78, 5) is 5.15. The van der Waals surface area contributed by atoms with E-state index in [9.17, 15) is 5.26 Å². The van der Waals surface area contributed by atoms with E-state index in [4.69, 9.17) is 24.1 Å². The van der Waals surface area contributed by atoms with Gasteiger partial charge in [-0.2, -0.15) is 5.26 Å². The number of nitrogens with zero attached hydrogens (tertiary/aromatic N) is 3. The highest BCUT2D eigenvalue weighted by Crippen LogP contribution is 2.48. The van der Waals surface area contributed by atoms with Gasteiger partial charge in [-0.3, -0.25) is 0 Å². The second kappa shape index (κ2) is 33.6. The molecule has 0 fully saturated rings. The van der Waals surface area contributed by atoms with Crippen molar-refractivity contribution in [1.29, 1.82) is 5.26 Å². The molecule has 0 unspecified atom stereocenters. The zero-order valence-corrected chi connectivity index (χ0v) is 43.4.